The van der Waals surface area contributed by atoms with E-state index >= 15 is 0 Å². The van der Waals surface area contributed by atoms with Crippen molar-refractivity contribution in [3.05, 3.63) is 65.2 Å². The predicted octanol–water partition coefficient (Wildman–Crippen LogP) is 4.09. The molecule has 9 heteroatoms. The zero-order valence-corrected chi connectivity index (χ0v) is 17.2. The lowest BCUT2D eigenvalue weighted by molar-refractivity contribution is -0.137. The van der Waals surface area contributed by atoms with Gasteiger partial charge in [-0.15, -0.1) is 12.4 Å². The van der Waals surface area contributed by atoms with Crippen LogP contribution in [0.1, 0.15) is 16.7 Å². The van der Waals surface area contributed by atoms with Crippen LogP contribution in [0.15, 0.2) is 48.5 Å². The predicted molar refractivity (Wildman–Crippen MR) is 112 cm³/mol. The maximum Gasteiger partial charge on any atom is 0.418 e. The number of nitrogens with zero attached hydrogens (tertiary/aromatic N) is 2. The number of hydrogen-bond acceptors (Lipinski definition) is 4. The number of halogens is 4. The summed E-state index contributed by atoms with van der Waals surface area (Å²) in [6, 6.07) is 13.7. The van der Waals surface area contributed by atoms with Crippen molar-refractivity contribution in [2.24, 2.45) is 5.73 Å². The fourth-order valence-electron chi connectivity index (χ4n) is 3.35. The summed E-state index contributed by atoms with van der Waals surface area (Å²) in [6.45, 7) is 1.67. The molecule has 0 saturated carbocycles. The molecule has 3 rings (SSSR count). The Morgan fingerprint density at radius 2 is 1.67 bits per heavy atom. The molecule has 0 aliphatic carbocycles. The summed E-state index contributed by atoms with van der Waals surface area (Å²) >= 11 is 0. The van der Waals surface area contributed by atoms with E-state index in [9.17, 15) is 18.0 Å². The van der Waals surface area contributed by atoms with Gasteiger partial charge in [0.25, 0.3) is 0 Å². The average molecular weight is 444 g/mol. The summed E-state index contributed by atoms with van der Waals surface area (Å²) in [5.74, 6) is 0. The SMILES string of the molecule is Cl.NCCc1ccc(N2CCN(C(=O)OCc3ccccc3)CC2)c(C(F)(F)F)c1. The standard InChI is InChI=1S/C21H24F3N3O2.ClH/c22-21(23,24)18-14-16(8-9-25)6-7-19(18)26-10-12-27(13-11-26)20(28)29-15-17-4-2-1-3-5-17;/h1-7,14H,8-13,15,25H2;1H. The molecule has 1 saturated heterocycles. The van der Waals surface area contributed by atoms with Crippen molar-refractivity contribution in [2.75, 3.05) is 37.6 Å². The molecule has 0 bridgehead atoms. The average Bonchev–Trinajstić information content (AvgIpc) is 2.72. The van der Waals surface area contributed by atoms with Gasteiger partial charge in [-0.1, -0.05) is 36.4 Å². The van der Waals surface area contributed by atoms with Crippen LogP contribution in [-0.4, -0.2) is 43.7 Å². The Hall–Kier alpha value is -2.45. The van der Waals surface area contributed by atoms with Crippen molar-refractivity contribution in [3.63, 3.8) is 0 Å². The second-order valence-corrected chi connectivity index (χ2v) is 6.90. The maximum atomic E-state index is 13.5. The summed E-state index contributed by atoms with van der Waals surface area (Å²) in [6.07, 6.45) is -4.52. The quantitative estimate of drug-likeness (QED) is 0.756. The van der Waals surface area contributed by atoms with E-state index in [1.807, 2.05) is 30.3 Å². The molecule has 0 atom stereocenters. The fourth-order valence-corrected chi connectivity index (χ4v) is 3.35. The number of nitrogens with two attached hydrogens (primary N) is 1. The minimum absolute atomic E-state index is 0. The first-order valence-corrected chi connectivity index (χ1v) is 9.49. The van der Waals surface area contributed by atoms with Crippen LogP contribution in [-0.2, 0) is 23.9 Å². The Morgan fingerprint density at radius 3 is 2.27 bits per heavy atom. The van der Waals surface area contributed by atoms with E-state index < -0.39 is 17.8 Å². The van der Waals surface area contributed by atoms with Crippen molar-refractivity contribution in [2.45, 2.75) is 19.2 Å². The number of amides is 1. The summed E-state index contributed by atoms with van der Waals surface area (Å²) in [7, 11) is 0. The van der Waals surface area contributed by atoms with E-state index in [1.165, 1.54) is 17.0 Å². The van der Waals surface area contributed by atoms with Gasteiger partial charge in [-0.3, -0.25) is 0 Å². The summed E-state index contributed by atoms with van der Waals surface area (Å²) < 4.78 is 45.9. The van der Waals surface area contributed by atoms with Crippen LogP contribution in [0.2, 0.25) is 0 Å². The molecule has 1 amide bonds. The minimum Gasteiger partial charge on any atom is -0.445 e. The Kier molecular flexibility index (Phi) is 8.37. The van der Waals surface area contributed by atoms with Crippen molar-refractivity contribution >= 4 is 24.2 Å². The second-order valence-electron chi connectivity index (χ2n) is 6.90. The number of anilines is 1. The Balaban J connectivity index is 0.00000320. The molecule has 5 nitrogen and oxygen atoms in total. The summed E-state index contributed by atoms with van der Waals surface area (Å²) in [4.78, 5) is 15.4. The molecule has 1 aliphatic rings. The van der Waals surface area contributed by atoms with Gasteiger partial charge in [-0.05, 0) is 36.2 Å². The van der Waals surface area contributed by atoms with Crippen LogP contribution in [0.4, 0.5) is 23.7 Å². The number of carbonyl (C=O) groups is 1. The van der Waals surface area contributed by atoms with Gasteiger partial charge in [0, 0.05) is 31.9 Å². The minimum atomic E-state index is -4.45. The van der Waals surface area contributed by atoms with E-state index in [0.717, 1.165) is 5.56 Å². The number of piperazine rings is 1. The number of carbonyl (C=O) groups excluding carboxylic acids is 1. The zero-order chi connectivity index (χ0) is 20.9. The van der Waals surface area contributed by atoms with Gasteiger partial charge in [0.05, 0.1) is 5.56 Å². The topological polar surface area (TPSA) is 58.8 Å². The number of ether oxygens (including phenoxy) is 1. The summed E-state index contributed by atoms with van der Waals surface area (Å²) in [5.41, 5.74) is 6.38. The van der Waals surface area contributed by atoms with E-state index in [4.69, 9.17) is 10.5 Å². The highest BCUT2D eigenvalue weighted by molar-refractivity contribution is 5.85. The first-order valence-electron chi connectivity index (χ1n) is 9.49. The van der Waals surface area contributed by atoms with Crippen LogP contribution in [0, 0.1) is 0 Å². The van der Waals surface area contributed by atoms with E-state index in [1.54, 1.807) is 11.0 Å². The number of rotatable bonds is 5. The van der Waals surface area contributed by atoms with Gasteiger partial charge < -0.3 is 20.3 Å². The third-order valence-corrected chi connectivity index (χ3v) is 4.88. The molecular formula is C21H25ClF3N3O2. The van der Waals surface area contributed by atoms with Gasteiger partial charge in [0.2, 0.25) is 0 Å². The third kappa shape index (κ3) is 6.03. The highest BCUT2D eigenvalue weighted by Crippen LogP contribution is 2.37. The molecule has 0 spiro atoms. The second kappa shape index (κ2) is 10.5. The Bertz CT molecular complexity index is 826. The van der Waals surface area contributed by atoms with E-state index in [2.05, 4.69) is 0 Å². The molecule has 164 valence electrons. The molecular weight excluding hydrogens is 419 g/mol. The lowest BCUT2D eigenvalue weighted by Crippen LogP contribution is -2.49. The Labute approximate surface area is 180 Å². The molecule has 0 radical (unpaired) electrons. The van der Waals surface area contributed by atoms with Gasteiger partial charge in [-0.25, -0.2) is 4.79 Å². The third-order valence-electron chi connectivity index (χ3n) is 4.88. The van der Waals surface area contributed by atoms with Crippen LogP contribution in [0.25, 0.3) is 0 Å². The van der Waals surface area contributed by atoms with Crippen molar-refractivity contribution < 1.29 is 22.7 Å². The lowest BCUT2D eigenvalue weighted by atomic mass is 10.0. The van der Waals surface area contributed by atoms with Crippen LogP contribution < -0.4 is 10.6 Å². The highest BCUT2D eigenvalue weighted by atomic mass is 35.5. The van der Waals surface area contributed by atoms with Gasteiger partial charge >= 0.3 is 12.3 Å². The number of benzene rings is 2. The molecule has 2 N–H and O–H groups in total. The van der Waals surface area contributed by atoms with Crippen molar-refractivity contribution in [3.8, 4) is 0 Å². The van der Waals surface area contributed by atoms with Crippen LogP contribution in [0.5, 0.6) is 0 Å². The van der Waals surface area contributed by atoms with Crippen LogP contribution >= 0.6 is 12.4 Å². The van der Waals surface area contributed by atoms with Crippen molar-refractivity contribution in [1.29, 1.82) is 0 Å². The largest absolute Gasteiger partial charge is 0.445 e. The first kappa shape index (κ1) is 23.8. The van der Waals surface area contributed by atoms with Gasteiger partial charge in [-0.2, -0.15) is 13.2 Å². The monoisotopic (exact) mass is 443 g/mol. The first-order chi connectivity index (χ1) is 13.9. The molecule has 2 aromatic rings. The molecule has 0 unspecified atom stereocenters. The molecule has 1 heterocycles. The lowest BCUT2D eigenvalue weighted by Gasteiger charge is -2.36. The zero-order valence-electron chi connectivity index (χ0n) is 16.4. The Morgan fingerprint density at radius 1 is 1.00 bits per heavy atom. The number of hydrogen-bond donors (Lipinski definition) is 1. The normalized spacial score (nSPS) is 14.3. The molecule has 1 fully saturated rings. The van der Waals surface area contributed by atoms with Crippen molar-refractivity contribution in [1.82, 2.24) is 4.90 Å². The molecule has 2 aromatic carbocycles. The molecule has 0 aromatic heterocycles. The van der Waals surface area contributed by atoms with E-state index in [0.29, 0.717) is 44.7 Å². The molecule has 1 aliphatic heterocycles. The van der Waals surface area contributed by atoms with Crippen LogP contribution in [0.3, 0.4) is 0 Å². The summed E-state index contributed by atoms with van der Waals surface area (Å²) in [5, 5.41) is 0. The highest BCUT2D eigenvalue weighted by Gasteiger charge is 2.36. The van der Waals surface area contributed by atoms with Gasteiger partial charge in [0.1, 0.15) is 6.61 Å². The van der Waals surface area contributed by atoms with E-state index in [-0.39, 0.29) is 24.7 Å². The maximum absolute atomic E-state index is 13.5. The fraction of sp³-hybridized carbons (Fsp3) is 0.381. The number of alkyl halides is 3. The smallest absolute Gasteiger partial charge is 0.418 e. The molecule has 30 heavy (non-hydrogen) atoms. The van der Waals surface area contributed by atoms with Gasteiger partial charge in [0.15, 0.2) is 0 Å².